The van der Waals surface area contributed by atoms with Crippen molar-refractivity contribution < 1.29 is 0 Å². The highest BCUT2D eigenvalue weighted by molar-refractivity contribution is 7.18. The summed E-state index contributed by atoms with van der Waals surface area (Å²) in [5.74, 6) is 0.604. The molecule has 3 aromatic rings. The van der Waals surface area contributed by atoms with Crippen molar-refractivity contribution in [2.75, 3.05) is 44.4 Å². The quantitative estimate of drug-likeness (QED) is 0.436. The first-order valence-electron chi connectivity index (χ1n) is 9.79. The summed E-state index contributed by atoms with van der Waals surface area (Å²) in [6, 6.07) is 9.71. The Morgan fingerprint density at radius 1 is 1.07 bits per heavy atom. The van der Waals surface area contributed by atoms with E-state index in [-0.39, 0.29) is 0 Å². The summed E-state index contributed by atoms with van der Waals surface area (Å²) in [5.41, 5.74) is 2.53. The van der Waals surface area contributed by atoms with E-state index in [9.17, 15) is 0 Å². The standard InChI is InChI=1S/C21H27ClN6S/c1-4-10-24-21-25-14-19(29-21)18-13-17(15-8-5-6-9-16(15)22)26-20(27-18)23-11-7-12-28(2)3/h5-6,8-9,13-14H,4,7,10-12H2,1-3H3,(H,24,25)(H,23,26,27). The Balaban J connectivity index is 1.90. The monoisotopic (exact) mass is 430 g/mol. The highest BCUT2D eigenvalue weighted by Crippen LogP contribution is 2.33. The first-order valence-corrected chi connectivity index (χ1v) is 11.0. The lowest BCUT2D eigenvalue weighted by atomic mass is 10.1. The molecule has 0 aliphatic rings. The number of nitrogens with one attached hydrogen (secondary N) is 2. The number of benzene rings is 1. The summed E-state index contributed by atoms with van der Waals surface area (Å²) in [6.07, 6.45) is 3.92. The molecule has 154 valence electrons. The molecule has 0 spiro atoms. The smallest absolute Gasteiger partial charge is 0.223 e. The minimum absolute atomic E-state index is 0.604. The van der Waals surface area contributed by atoms with Gasteiger partial charge in [0.05, 0.1) is 16.3 Å². The minimum atomic E-state index is 0.604. The summed E-state index contributed by atoms with van der Waals surface area (Å²) in [5, 5.41) is 8.26. The van der Waals surface area contributed by atoms with Gasteiger partial charge >= 0.3 is 0 Å². The lowest BCUT2D eigenvalue weighted by Gasteiger charge is -2.12. The van der Waals surface area contributed by atoms with Crippen molar-refractivity contribution in [1.29, 1.82) is 0 Å². The molecule has 0 unspecified atom stereocenters. The molecule has 2 aromatic heterocycles. The molecule has 0 amide bonds. The van der Waals surface area contributed by atoms with Crippen molar-refractivity contribution in [2.24, 2.45) is 0 Å². The molecule has 6 nitrogen and oxygen atoms in total. The van der Waals surface area contributed by atoms with Crippen LogP contribution in [-0.4, -0.2) is 53.6 Å². The van der Waals surface area contributed by atoms with Crippen molar-refractivity contribution in [2.45, 2.75) is 19.8 Å². The zero-order valence-electron chi connectivity index (χ0n) is 17.1. The summed E-state index contributed by atoms with van der Waals surface area (Å²) in [7, 11) is 4.14. The van der Waals surface area contributed by atoms with E-state index in [0.717, 1.165) is 59.4 Å². The molecule has 2 heterocycles. The normalized spacial score (nSPS) is 11.1. The molecule has 3 rings (SSSR count). The number of rotatable bonds is 10. The van der Waals surface area contributed by atoms with E-state index in [1.165, 1.54) is 0 Å². The van der Waals surface area contributed by atoms with Gasteiger partial charge in [-0.1, -0.05) is 48.1 Å². The molecule has 29 heavy (non-hydrogen) atoms. The highest BCUT2D eigenvalue weighted by Gasteiger charge is 2.13. The second-order valence-corrected chi connectivity index (χ2v) is 8.42. The molecule has 0 radical (unpaired) electrons. The van der Waals surface area contributed by atoms with Gasteiger partial charge in [0.2, 0.25) is 5.95 Å². The van der Waals surface area contributed by atoms with E-state index in [2.05, 4.69) is 41.5 Å². The number of hydrogen-bond acceptors (Lipinski definition) is 7. The van der Waals surface area contributed by atoms with Gasteiger partial charge in [-0.05, 0) is 45.6 Å². The van der Waals surface area contributed by atoms with Crippen molar-refractivity contribution in [3.05, 3.63) is 41.6 Å². The maximum atomic E-state index is 6.43. The fraction of sp³-hybridized carbons (Fsp3) is 0.381. The molecule has 0 saturated carbocycles. The third-order valence-corrected chi connectivity index (χ3v) is 5.53. The lowest BCUT2D eigenvalue weighted by Crippen LogP contribution is -2.17. The Bertz CT molecular complexity index is 927. The molecule has 2 N–H and O–H groups in total. The van der Waals surface area contributed by atoms with E-state index in [4.69, 9.17) is 21.6 Å². The summed E-state index contributed by atoms with van der Waals surface area (Å²) in [6.45, 7) is 4.84. The predicted molar refractivity (Wildman–Crippen MR) is 124 cm³/mol. The fourth-order valence-corrected chi connectivity index (χ4v) is 3.80. The van der Waals surface area contributed by atoms with Crippen LogP contribution in [-0.2, 0) is 0 Å². The van der Waals surface area contributed by atoms with Crippen LogP contribution in [0.25, 0.3) is 21.8 Å². The largest absolute Gasteiger partial charge is 0.362 e. The predicted octanol–water partition coefficient (Wildman–Crippen LogP) is 5.11. The number of thiazole rings is 1. The first-order chi connectivity index (χ1) is 14.1. The van der Waals surface area contributed by atoms with Gasteiger partial charge in [-0.25, -0.2) is 15.0 Å². The Morgan fingerprint density at radius 2 is 1.86 bits per heavy atom. The zero-order valence-corrected chi connectivity index (χ0v) is 18.6. The van der Waals surface area contributed by atoms with E-state index in [1.54, 1.807) is 11.3 Å². The first kappa shape index (κ1) is 21.5. The second kappa shape index (κ2) is 10.5. The van der Waals surface area contributed by atoms with Crippen LogP contribution in [0.15, 0.2) is 36.5 Å². The number of aromatic nitrogens is 3. The minimum Gasteiger partial charge on any atom is -0.362 e. The maximum Gasteiger partial charge on any atom is 0.223 e. The molecule has 0 bridgehead atoms. The van der Waals surface area contributed by atoms with Crippen molar-refractivity contribution >= 4 is 34.0 Å². The number of anilines is 2. The number of nitrogens with zero attached hydrogens (tertiary/aromatic N) is 4. The van der Waals surface area contributed by atoms with Crippen LogP contribution < -0.4 is 10.6 Å². The average Bonchev–Trinajstić information content (AvgIpc) is 3.19. The van der Waals surface area contributed by atoms with Gasteiger partial charge < -0.3 is 15.5 Å². The van der Waals surface area contributed by atoms with Crippen molar-refractivity contribution in [3.63, 3.8) is 0 Å². The van der Waals surface area contributed by atoms with Gasteiger partial charge in [-0.15, -0.1) is 0 Å². The van der Waals surface area contributed by atoms with E-state index < -0.39 is 0 Å². The van der Waals surface area contributed by atoms with Crippen LogP contribution in [0.3, 0.4) is 0 Å². The molecular weight excluding hydrogens is 404 g/mol. The van der Waals surface area contributed by atoms with Gasteiger partial charge in [0.1, 0.15) is 0 Å². The Morgan fingerprint density at radius 3 is 2.62 bits per heavy atom. The number of halogens is 1. The van der Waals surface area contributed by atoms with Gasteiger partial charge in [-0.2, -0.15) is 0 Å². The highest BCUT2D eigenvalue weighted by atomic mass is 35.5. The zero-order chi connectivity index (χ0) is 20.6. The Hall–Kier alpha value is -2.22. The van der Waals surface area contributed by atoms with Crippen molar-refractivity contribution in [3.8, 4) is 21.8 Å². The van der Waals surface area contributed by atoms with E-state index in [1.807, 2.05) is 36.5 Å². The molecule has 0 fully saturated rings. The van der Waals surface area contributed by atoms with Gasteiger partial charge in [-0.3, -0.25) is 0 Å². The molecular formula is C21H27ClN6S. The third kappa shape index (κ3) is 6.13. The van der Waals surface area contributed by atoms with Crippen molar-refractivity contribution in [1.82, 2.24) is 19.9 Å². The lowest BCUT2D eigenvalue weighted by molar-refractivity contribution is 0.405. The van der Waals surface area contributed by atoms with Crippen LogP contribution in [0, 0.1) is 0 Å². The Kier molecular flexibility index (Phi) is 7.80. The van der Waals surface area contributed by atoms with Crippen LogP contribution in [0.1, 0.15) is 19.8 Å². The molecule has 1 aromatic carbocycles. The SMILES string of the molecule is CCCNc1ncc(-c2cc(-c3ccccc3Cl)nc(NCCCN(C)C)n2)s1. The molecule has 8 heteroatoms. The van der Waals surface area contributed by atoms with E-state index in [0.29, 0.717) is 11.0 Å². The summed E-state index contributed by atoms with van der Waals surface area (Å²) in [4.78, 5) is 17.1. The van der Waals surface area contributed by atoms with Gasteiger partial charge in [0, 0.05) is 29.9 Å². The Labute approximate surface area is 181 Å². The molecule has 0 atom stereocenters. The molecule has 0 saturated heterocycles. The average molecular weight is 431 g/mol. The van der Waals surface area contributed by atoms with Gasteiger partial charge in [0.15, 0.2) is 5.13 Å². The fourth-order valence-electron chi connectivity index (χ4n) is 2.76. The van der Waals surface area contributed by atoms with E-state index >= 15 is 0 Å². The van der Waals surface area contributed by atoms with Crippen LogP contribution in [0.4, 0.5) is 11.1 Å². The second-order valence-electron chi connectivity index (χ2n) is 6.98. The number of hydrogen-bond donors (Lipinski definition) is 2. The molecule has 0 aliphatic carbocycles. The maximum absolute atomic E-state index is 6.43. The van der Waals surface area contributed by atoms with Crippen LogP contribution >= 0.6 is 22.9 Å². The van der Waals surface area contributed by atoms with Crippen LogP contribution in [0.5, 0.6) is 0 Å². The van der Waals surface area contributed by atoms with Gasteiger partial charge in [0.25, 0.3) is 0 Å². The van der Waals surface area contributed by atoms with Crippen LogP contribution in [0.2, 0.25) is 5.02 Å². The third-order valence-electron chi connectivity index (χ3n) is 4.23. The summed E-state index contributed by atoms with van der Waals surface area (Å²) < 4.78 is 0. The molecule has 0 aliphatic heterocycles. The topological polar surface area (TPSA) is 66.0 Å². The summed E-state index contributed by atoms with van der Waals surface area (Å²) >= 11 is 8.02.